The quantitative estimate of drug-likeness (QED) is 0.197. The monoisotopic (exact) mass is 570 g/mol. The van der Waals surface area contributed by atoms with Crippen LogP contribution >= 0.6 is 0 Å². The topological polar surface area (TPSA) is 115 Å². The second-order valence-electron chi connectivity index (χ2n) is 10.8. The van der Waals surface area contributed by atoms with Crippen LogP contribution in [0.15, 0.2) is 104 Å². The van der Waals surface area contributed by atoms with Crippen LogP contribution in [0.2, 0.25) is 0 Å². The van der Waals surface area contributed by atoms with Crippen molar-refractivity contribution in [1.29, 1.82) is 0 Å². The number of carbonyl (C=O) groups excluding carboxylic acids is 2. The molecule has 6 aromatic rings. The highest BCUT2D eigenvalue weighted by molar-refractivity contribution is 6.06. The summed E-state index contributed by atoms with van der Waals surface area (Å²) in [6.07, 6.45) is 6.73. The molecule has 2 amide bonds. The van der Waals surface area contributed by atoms with Gasteiger partial charge in [0, 0.05) is 64.4 Å². The highest BCUT2D eigenvalue weighted by Gasteiger charge is 2.18. The predicted octanol–water partition coefficient (Wildman–Crippen LogP) is 5.97. The van der Waals surface area contributed by atoms with Gasteiger partial charge < -0.3 is 30.2 Å². The Morgan fingerprint density at radius 3 is 2.14 bits per heavy atom. The number of aliphatic hydroxyl groups is 1. The summed E-state index contributed by atoms with van der Waals surface area (Å²) in [5.74, 6) is -0.376. The summed E-state index contributed by atoms with van der Waals surface area (Å²) in [5, 5.41) is 17.6. The van der Waals surface area contributed by atoms with Gasteiger partial charge in [0.1, 0.15) is 5.65 Å². The Kier molecular flexibility index (Phi) is 6.84. The average Bonchev–Trinajstić information content (AvgIpc) is 3.68. The number of anilines is 3. The maximum Gasteiger partial charge on any atom is 0.255 e. The van der Waals surface area contributed by atoms with Crippen molar-refractivity contribution in [3.05, 3.63) is 115 Å². The van der Waals surface area contributed by atoms with Gasteiger partial charge in [-0.05, 0) is 97.8 Å². The van der Waals surface area contributed by atoms with Crippen molar-refractivity contribution in [2.75, 3.05) is 28.6 Å². The molecule has 7 rings (SSSR count). The normalized spacial score (nSPS) is 13.8. The first kappa shape index (κ1) is 26.5. The molecule has 1 aliphatic heterocycles. The van der Waals surface area contributed by atoms with Gasteiger partial charge in [0.15, 0.2) is 0 Å². The Morgan fingerprint density at radius 2 is 1.42 bits per heavy atom. The van der Waals surface area contributed by atoms with Gasteiger partial charge >= 0.3 is 0 Å². The number of pyridine rings is 1. The number of aromatic nitrogens is 3. The maximum absolute atomic E-state index is 13.0. The number of benzene rings is 3. The van der Waals surface area contributed by atoms with Crippen molar-refractivity contribution in [3.8, 4) is 5.69 Å². The lowest BCUT2D eigenvalue weighted by Crippen LogP contribution is -2.35. The summed E-state index contributed by atoms with van der Waals surface area (Å²) < 4.78 is 2.05. The SMILES string of the molecule is O=C(Nc1cnc2[nH]ccc2c1)c1ccc(-n2ccc3cc(NC(=O)c4ccc(N5CCC(O)CC5)cc4)ccc32)cc1. The summed E-state index contributed by atoms with van der Waals surface area (Å²) in [6.45, 7) is 1.63. The van der Waals surface area contributed by atoms with Crippen molar-refractivity contribution < 1.29 is 14.7 Å². The third-order valence-corrected chi connectivity index (χ3v) is 7.97. The molecule has 9 heteroatoms. The number of fused-ring (bicyclic) bond motifs is 2. The van der Waals surface area contributed by atoms with E-state index in [-0.39, 0.29) is 17.9 Å². The second-order valence-corrected chi connectivity index (χ2v) is 10.8. The number of nitrogens with one attached hydrogen (secondary N) is 3. The van der Waals surface area contributed by atoms with E-state index in [2.05, 4.69) is 25.5 Å². The number of piperidine rings is 1. The fourth-order valence-electron chi connectivity index (χ4n) is 5.58. The summed E-state index contributed by atoms with van der Waals surface area (Å²) >= 11 is 0. The molecule has 43 heavy (non-hydrogen) atoms. The molecule has 1 aliphatic rings. The Balaban J connectivity index is 1.01. The molecule has 0 bridgehead atoms. The molecule has 0 radical (unpaired) electrons. The number of aliphatic hydroxyl groups excluding tert-OH is 1. The van der Waals surface area contributed by atoms with Gasteiger partial charge in [0.05, 0.1) is 23.5 Å². The molecule has 0 unspecified atom stereocenters. The molecule has 1 fully saturated rings. The lowest BCUT2D eigenvalue weighted by atomic mass is 10.1. The van der Waals surface area contributed by atoms with E-state index in [0.717, 1.165) is 59.2 Å². The zero-order valence-electron chi connectivity index (χ0n) is 23.3. The predicted molar refractivity (Wildman–Crippen MR) is 169 cm³/mol. The third kappa shape index (κ3) is 5.45. The number of carbonyl (C=O) groups is 2. The molecule has 4 heterocycles. The number of nitrogens with zero attached hydrogens (tertiary/aromatic N) is 3. The van der Waals surface area contributed by atoms with Crippen LogP contribution in [0.4, 0.5) is 17.1 Å². The molecule has 0 spiro atoms. The van der Waals surface area contributed by atoms with Crippen LogP contribution in [0.5, 0.6) is 0 Å². The molecule has 0 atom stereocenters. The molecular formula is C34H30N6O3. The first-order valence-electron chi connectivity index (χ1n) is 14.3. The minimum atomic E-state index is -0.218. The lowest BCUT2D eigenvalue weighted by Gasteiger charge is -2.31. The van der Waals surface area contributed by atoms with Crippen molar-refractivity contribution >= 4 is 50.8 Å². The summed E-state index contributed by atoms with van der Waals surface area (Å²) in [5.41, 5.74) is 6.22. The standard InChI is InChI=1S/C34H30N6O3/c41-30-13-16-39(17-14-30)28-6-1-22(2-7-28)33(42)37-26-5-10-31-24(19-26)12-18-40(31)29-8-3-23(4-9-29)34(43)38-27-20-25-11-15-35-32(25)36-21-27/h1-12,15,18-21,30,41H,13-14,16-17H2,(H,35,36)(H,37,42)(H,38,43). The number of hydrogen-bond donors (Lipinski definition) is 4. The average molecular weight is 571 g/mol. The van der Waals surface area contributed by atoms with Gasteiger partial charge in [0.25, 0.3) is 11.8 Å². The summed E-state index contributed by atoms with van der Waals surface area (Å²) in [4.78, 5) is 35.4. The molecule has 9 nitrogen and oxygen atoms in total. The van der Waals surface area contributed by atoms with Gasteiger partial charge in [-0.3, -0.25) is 9.59 Å². The number of hydrogen-bond acceptors (Lipinski definition) is 5. The largest absolute Gasteiger partial charge is 0.393 e. The number of H-pyrrole nitrogens is 1. The Labute approximate surface area is 247 Å². The number of rotatable bonds is 6. The van der Waals surface area contributed by atoms with Crippen molar-refractivity contribution in [2.45, 2.75) is 18.9 Å². The number of aromatic amines is 1. The van der Waals surface area contributed by atoms with Crippen molar-refractivity contribution in [3.63, 3.8) is 0 Å². The highest BCUT2D eigenvalue weighted by Crippen LogP contribution is 2.26. The van der Waals surface area contributed by atoms with Gasteiger partial charge in [-0.25, -0.2) is 4.98 Å². The van der Waals surface area contributed by atoms with Crippen LogP contribution < -0.4 is 15.5 Å². The molecule has 1 saturated heterocycles. The molecule has 3 aromatic carbocycles. The minimum Gasteiger partial charge on any atom is -0.393 e. The van der Waals surface area contributed by atoms with E-state index in [0.29, 0.717) is 22.5 Å². The summed E-state index contributed by atoms with van der Waals surface area (Å²) in [6, 6.07) is 26.6. The van der Waals surface area contributed by atoms with E-state index in [9.17, 15) is 14.7 Å². The van der Waals surface area contributed by atoms with Crippen LogP contribution in [-0.4, -0.2) is 50.6 Å². The van der Waals surface area contributed by atoms with Gasteiger partial charge in [-0.15, -0.1) is 0 Å². The fraction of sp³-hybridized carbons (Fsp3) is 0.147. The van der Waals surface area contributed by atoms with Crippen LogP contribution in [0.3, 0.4) is 0 Å². The van der Waals surface area contributed by atoms with E-state index in [1.807, 2.05) is 89.8 Å². The molecule has 0 saturated carbocycles. The van der Waals surface area contributed by atoms with Crippen LogP contribution in [-0.2, 0) is 0 Å². The van der Waals surface area contributed by atoms with Gasteiger partial charge in [-0.1, -0.05) is 0 Å². The smallest absolute Gasteiger partial charge is 0.255 e. The van der Waals surface area contributed by atoms with Crippen LogP contribution in [0.25, 0.3) is 27.6 Å². The van der Waals surface area contributed by atoms with E-state index in [1.165, 1.54) is 0 Å². The maximum atomic E-state index is 13.0. The lowest BCUT2D eigenvalue weighted by molar-refractivity contribution is 0.101. The molecule has 4 N–H and O–H groups in total. The zero-order chi connectivity index (χ0) is 29.3. The van der Waals surface area contributed by atoms with Crippen LogP contribution in [0, 0.1) is 0 Å². The van der Waals surface area contributed by atoms with Gasteiger partial charge in [0.2, 0.25) is 0 Å². The Bertz CT molecular complexity index is 1930. The van der Waals surface area contributed by atoms with E-state index >= 15 is 0 Å². The first-order chi connectivity index (χ1) is 21.0. The fourth-order valence-corrected chi connectivity index (χ4v) is 5.58. The molecule has 214 valence electrons. The Morgan fingerprint density at radius 1 is 0.767 bits per heavy atom. The Hall–Kier alpha value is -5.41. The highest BCUT2D eigenvalue weighted by atomic mass is 16.3. The number of amides is 2. The van der Waals surface area contributed by atoms with Crippen molar-refractivity contribution in [2.24, 2.45) is 0 Å². The van der Waals surface area contributed by atoms with Crippen LogP contribution in [0.1, 0.15) is 33.6 Å². The molecular weight excluding hydrogens is 540 g/mol. The van der Waals surface area contributed by atoms with E-state index < -0.39 is 0 Å². The molecule has 3 aromatic heterocycles. The zero-order valence-corrected chi connectivity index (χ0v) is 23.3. The third-order valence-electron chi connectivity index (χ3n) is 7.97. The first-order valence-corrected chi connectivity index (χ1v) is 14.3. The van der Waals surface area contributed by atoms with E-state index in [1.54, 1.807) is 18.3 Å². The van der Waals surface area contributed by atoms with E-state index in [4.69, 9.17) is 0 Å². The summed E-state index contributed by atoms with van der Waals surface area (Å²) in [7, 11) is 0. The second kappa shape index (κ2) is 11.1. The molecule has 0 aliphatic carbocycles. The minimum absolute atomic E-state index is 0.169. The van der Waals surface area contributed by atoms with Crippen molar-refractivity contribution in [1.82, 2.24) is 14.5 Å². The van der Waals surface area contributed by atoms with Gasteiger partial charge in [-0.2, -0.15) is 0 Å².